The second kappa shape index (κ2) is 6.16. The number of nitrogens with one attached hydrogen (secondary N) is 1. The zero-order chi connectivity index (χ0) is 12.4. The maximum Gasteiger partial charge on any atom is 0.257 e. The molecule has 100 valence electrons. The van der Waals surface area contributed by atoms with E-state index < -0.39 is 5.82 Å². The van der Waals surface area contributed by atoms with Crippen molar-refractivity contribution in [2.75, 3.05) is 19.6 Å². The van der Waals surface area contributed by atoms with Crippen LogP contribution in [0.3, 0.4) is 0 Å². The molecule has 0 spiro atoms. The number of benzene rings is 1. The largest absolute Gasteiger partial charge is 0.333 e. The molecule has 1 fully saturated rings. The summed E-state index contributed by atoms with van der Waals surface area (Å²) in [5.41, 5.74) is 1.08. The van der Waals surface area contributed by atoms with Crippen molar-refractivity contribution in [3.63, 3.8) is 0 Å². The van der Waals surface area contributed by atoms with E-state index >= 15 is 0 Å². The molecule has 5 heteroatoms. The first-order valence-electron chi connectivity index (χ1n) is 5.87. The number of halogens is 2. The van der Waals surface area contributed by atoms with Crippen LogP contribution in [-0.4, -0.2) is 36.5 Å². The van der Waals surface area contributed by atoms with E-state index in [1.165, 1.54) is 6.07 Å². The van der Waals surface area contributed by atoms with Gasteiger partial charge in [0, 0.05) is 25.7 Å². The van der Waals surface area contributed by atoms with Gasteiger partial charge in [-0.15, -0.1) is 12.4 Å². The molecule has 0 aliphatic carbocycles. The van der Waals surface area contributed by atoms with Crippen LogP contribution in [0.5, 0.6) is 0 Å². The second-order valence-corrected chi connectivity index (χ2v) is 4.53. The van der Waals surface area contributed by atoms with Gasteiger partial charge in [0.25, 0.3) is 5.91 Å². The van der Waals surface area contributed by atoms with E-state index in [2.05, 4.69) is 5.32 Å². The highest BCUT2D eigenvalue weighted by Gasteiger charge is 2.25. The quantitative estimate of drug-likeness (QED) is 0.848. The lowest BCUT2D eigenvalue weighted by Crippen LogP contribution is -2.52. The zero-order valence-electron chi connectivity index (χ0n) is 10.6. The summed E-state index contributed by atoms with van der Waals surface area (Å²) in [5, 5.41) is 3.21. The first kappa shape index (κ1) is 14.9. The van der Waals surface area contributed by atoms with E-state index in [0.29, 0.717) is 6.54 Å². The molecule has 1 aromatic rings. The highest BCUT2D eigenvalue weighted by atomic mass is 35.5. The Morgan fingerprint density at radius 2 is 2.22 bits per heavy atom. The van der Waals surface area contributed by atoms with E-state index in [1.807, 2.05) is 13.8 Å². The van der Waals surface area contributed by atoms with Crippen LogP contribution < -0.4 is 5.32 Å². The fourth-order valence-corrected chi connectivity index (χ4v) is 2.10. The highest BCUT2D eigenvalue weighted by Crippen LogP contribution is 2.15. The minimum atomic E-state index is -0.439. The molecule has 1 atom stereocenters. The number of aryl methyl sites for hydroxylation is 1. The normalized spacial score (nSPS) is 19.3. The number of nitrogens with zero attached hydrogens (tertiary/aromatic N) is 1. The molecule has 1 N–H and O–H groups in total. The molecule has 18 heavy (non-hydrogen) atoms. The Morgan fingerprint density at radius 3 is 2.89 bits per heavy atom. The summed E-state index contributed by atoms with van der Waals surface area (Å²) in [7, 11) is 0. The van der Waals surface area contributed by atoms with Gasteiger partial charge in [-0.1, -0.05) is 11.6 Å². The molecular formula is C13H18ClFN2O. The lowest BCUT2D eigenvalue weighted by molar-refractivity contribution is 0.0651. The predicted octanol–water partition coefficient (Wildman–Crippen LogP) is 1.99. The molecule has 0 radical (unpaired) electrons. The van der Waals surface area contributed by atoms with Gasteiger partial charge in [-0.2, -0.15) is 0 Å². The number of hydrogen-bond donors (Lipinski definition) is 1. The number of amides is 1. The number of carbonyl (C=O) groups excluding carboxylic acids is 1. The molecule has 1 aromatic carbocycles. The standard InChI is InChI=1S/C13H17FN2O.ClH/c1-9-3-4-12(14)11(7-9)13(17)16-6-5-15-8-10(16)2;/h3-4,7,10,15H,5-6,8H2,1-2H3;1H. The van der Waals surface area contributed by atoms with Crippen molar-refractivity contribution >= 4 is 18.3 Å². The fraction of sp³-hybridized carbons (Fsp3) is 0.462. The van der Waals surface area contributed by atoms with Gasteiger partial charge in [-0.25, -0.2) is 4.39 Å². The smallest absolute Gasteiger partial charge is 0.257 e. The summed E-state index contributed by atoms with van der Waals surface area (Å²) in [6.07, 6.45) is 0. The first-order chi connectivity index (χ1) is 8.09. The summed E-state index contributed by atoms with van der Waals surface area (Å²) in [5.74, 6) is -0.647. The van der Waals surface area contributed by atoms with Crippen LogP contribution >= 0.6 is 12.4 Å². The van der Waals surface area contributed by atoms with Crippen LogP contribution in [0.15, 0.2) is 18.2 Å². The number of hydrogen-bond acceptors (Lipinski definition) is 2. The monoisotopic (exact) mass is 272 g/mol. The molecule has 0 aromatic heterocycles. The average Bonchev–Trinajstić information content (AvgIpc) is 2.32. The van der Waals surface area contributed by atoms with Crippen LogP contribution in [0.2, 0.25) is 0 Å². The van der Waals surface area contributed by atoms with E-state index in [1.54, 1.807) is 17.0 Å². The Labute approximate surface area is 113 Å². The van der Waals surface area contributed by atoms with Crippen LogP contribution in [0.25, 0.3) is 0 Å². The van der Waals surface area contributed by atoms with Crippen molar-refractivity contribution in [1.82, 2.24) is 10.2 Å². The van der Waals surface area contributed by atoms with Crippen molar-refractivity contribution in [3.8, 4) is 0 Å². The van der Waals surface area contributed by atoms with Gasteiger partial charge in [0.05, 0.1) is 5.56 Å². The third kappa shape index (κ3) is 3.00. The Bertz CT molecular complexity index is 439. The van der Waals surface area contributed by atoms with E-state index in [-0.39, 0.29) is 29.9 Å². The first-order valence-corrected chi connectivity index (χ1v) is 5.87. The van der Waals surface area contributed by atoms with Crippen molar-refractivity contribution in [2.45, 2.75) is 19.9 Å². The van der Waals surface area contributed by atoms with Gasteiger partial charge in [-0.3, -0.25) is 4.79 Å². The molecule has 0 bridgehead atoms. The van der Waals surface area contributed by atoms with Gasteiger partial charge < -0.3 is 10.2 Å². The van der Waals surface area contributed by atoms with Crippen LogP contribution in [0.4, 0.5) is 4.39 Å². The maximum atomic E-state index is 13.6. The molecule has 2 rings (SSSR count). The van der Waals surface area contributed by atoms with Crippen molar-refractivity contribution in [3.05, 3.63) is 35.1 Å². The fourth-order valence-electron chi connectivity index (χ4n) is 2.10. The predicted molar refractivity (Wildman–Crippen MR) is 71.8 cm³/mol. The lowest BCUT2D eigenvalue weighted by atomic mass is 10.1. The summed E-state index contributed by atoms with van der Waals surface area (Å²) in [6, 6.07) is 4.76. The summed E-state index contributed by atoms with van der Waals surface area (Å²) in [6.45, 7) is 5.99. The SMILES string of the molecule is Cc1ccc(F)c(C(=O)N2CCNCC2C)c1.Cl. The van der Waals surface area contributed by atoms with E-state index in [9.17, 15) is 9.18 Å². The molecular weight excluding hydrogens is 255 g/mol. The van der Waals surface area contributed by atoms with Crippen LogP contribution in [0, 0.1) is 12.7 Å². The molecule has 1 unspecified atom stereocenters. The molecule has 1 saturated heterocycles. The van der Waals surface area contributed by atoms with Gasteiger partial charge in [0.15, 0.2) is 0 Å². The molecule has 1 aliphatic rings. The summed E-state index contributed by atoms with van der Waals surface area (Å²) in [4.78, 5) is 14.0. The molecule has 1 heterocycles. The zero-order valence-corrected chi connectivity index (χ0v) is 11.4. The van der Waals surface area contributed by atoms with Crippen LogP contribution in [0.1, 0.15) is 22.8 Å². The minimum Gasteiger partial charge on any atom is -0.333 e. The highest BCUT2D eigenvalue weighted by molar-refractivity contribution is 5.95. The topological polar surface area (TPSA) is 32.3 Å². The van der Waals surface area contributed by atoms with Gasteiger partial charge in [-0.05, 0) is 26.0 Å². The molecule has 1 aliphatic heterocycles. The summed E-state index contributed by atoms with van der Waals surface area (Å²) < 4.78 is 13.6. The Balaban J connectivity index is 0.00000162. The summed E-state index contributed by atoms with van der Waals surface area (Å²) >= 11 is 0. The van der Waals surface area contributed by atoms with Crippen molar-refractivity contribution in [2.24, 2.45) is 0 Å². The number of rotatable bonds is 1. The number of piperazine rings is 1. The lowest BCUT2D eigenvalue weighted by Gasteiger charge is -2.34. The number of carbonyl (C=O) groups is 1. The van der Waals surface area contributed by atoms with E-state index in [0.717, 1.165) is 18.7 Å². The van der Waals surface area contributed by atoms with Crippen molar-refractivity contribution < 1.29 is 9.18 Å². The average molecular weight is 273 g/mol. The van der Waals surface area contributed by atoms with E-state index in [4.69, 9.17) is 0 Å². The van der Waals surface area contributed by atoms with Crippen LogP contribution in [-0.2, 0) is 0 Å². The Hall–Kier alpha value is -1.13. The van der Waals surface area contributed by atoms with Gasteiger partial charge >= 0.3 is 0 Å². The Kier molecular flexibility index (Phi) is 5.11. The molecule has 0 saturated carbocycles. The molecule has 3 nitrogen and oxygen atoms in total. The van der Waals surface area contributed by atoms with Crippen molar-refractivity contribution in [1.29, 1.82) is 0 Å². The second-order valence-electron chi connectivity index (χ2n) is 4.53. The third-order valence-electron chi connectivity index (χ3n) is 3.11. The molecule has 1 amide bonds. The van der Waals surface area contributed by atoms with Gasteiger partial charge in [0.2, 0.25) is 0 Å². The minimum absolute atomic E-state index is 0. The maximum absolute atomic E-state index is 13.6. The Morgan fingerprint density at radius 1 is 1.50 bits per heavy atom. The van der Waals surface area contributed by atoms with Gasteiger partial charge in [0.1, 0.15) is 5.82 Å². The third-order valence-corrected chi connectivity index (χ3v) is 3.11.